The van der Waals surface area contributed by atoms with Gasteiger partial charge in [-0.3, -0.25) is 0 Å². The van der Waals surface area contributed by atoms with Gasteiger partial charge < -0.3 is 10.1 Å². The Morgan fingerprint density at radius 1 is 1.37 bits per heavy atom. The van der Waals surface area contributed by atoms with Crippen LogP contribution in [0.15, 0.2) is 30.5 Å². The minimum atomic E-state index is -0.297. The lowest BCUT2D eigenvalue weighted by molar-refractivity contribution is 0.380. The first-order valence-corrected chi connectivity index (χ1v) is 6.12. The van der Waals surface area contributed by atoms with Crippen molar-refractivity contribution in [1.29, 1.82) is 0 Å². The van der Waals surface area contributed by atoms with E-state index >= 15 is 0 Å². The fraction of sp³-hybridized carbons (Fsp3) is 0.231. The third-order valence-corrected chi connectivity index (χ3v) is 2.91. The molecule has 0 bridgehead atoms. The maximum atomic E-state index is 13.5. The van der Waals surface area contributed by atoms with E-state index in [1.807, 2.05) is 0 Å². The van der Waals surface area contributed by atoms with Crippen molar-refractivity contribution in [3.05, 3.63) is 46.9 Å². The largest absolute Gasteiger partial charge is 0.467 e. The highest BCUT2D eigenvalue weighted by molar-refractivity contribution is 6.31. The van der Waals surface area contributed by atoms with Crippen LogP contribution in [0.3, 0.4) is 0 Å². The van der Waals surface area contributed by atoms with Crippen LogP contribution in [-0.4, -0.2) is 23.6 Å². The van der Waals surface area contributed by atoms with Crippen molar-refractivity contribution in [3.63, 3.8) is 0 Å². The lowest BCUT2D eigenvalue weighted by atomic mass is 10.1. The van der Waals surface area contributed by atoms with Crippen molar-refractivity contribution >= 4 is 17.4 Å². The summed E-state index contributed by atoms with van der Waals surface area (Å²) in [6, 6.07) is 6.66. The van der Waals surface area contributed by atoms with Crippen molar-refractivity contribution in [2.75, 3.05) is 19.0 Å². The second-order valence-corrected chi connectivity index (χ2v) is 4.21. The number of benzene rings is 1. The predicted octanol–water partition coefficient (Wildman–Crippen LogP) is 2.93. The van der Waals surface area contributed by atoms with Crippen molar-refractivity contribution in [3.8, 4) is 6.01 Å². The molecule has 1 aromatic heterocycles. The third-order valence-electron chi connectivity index (χ3n) is 2.56. The Balaban J connectivity index is 1.96. The van der Waals surface area contributed by atoms with Crippen LogP contribution in [0, 0.1) is 5.82 Å². The maximum Gasteiger partial charge on any atom is 0.318 e. The molecule has 0 radical (unpaired) electrons. The number of halogens is 2. The minimum Gasteiger partial charge on any atom is -0.467 e. The average molecular weight is 282 g/mol. The molecule has 4 nitrogen and oxygen atoms in total. The Morgan fingerprint density at radius 3 is 2.95 bits per heavy atom. The van der Waals surface area contributed by atoms with Crippen molar-refractivity contribution < 1.29 is 9.13 Å². The zero-order valence-corrected chi connectivity index (χ0v) is 11.1. The summed E-state index contributed by atoms with van der Waals surface area (Å²) in [7, 11) is 1.50. The van der Waals surface area contributed by atoms with Crippen LogP contribution >= 0.6 is 11.6 Å². The Morgan fingerprint density at radius 2 is 2.21 bits per heavy atom. The highest BCUT2D eigenvalue weighted by atomic mass is 35.5. The predicted molar refractivity (Wildman–Crippen MR) is 72.2 cm³/mol. The molecule has 0 spiro atoms. The number of hydrogen-bond donors (Lipinski definition) is 1. The molecule has 1 aromatic carbocycles. The zero-order chi connectivity index (χ0) is 13.7. The number of hydrogen-bond acceptors (Lipinski definition) is 4. The van der Waals surface area contributed by atoms with E-state index in [1.165, 1.54) is 13.2 Å². The quantitative estimate of drug-likeness (QED) is 0.915. The van der Waals surface area contributed by atoms with E-state index in [9.17, 15) is 4.39 Å². The van der Waals surface area contributed by atoms with Gasteiger partial charge in [-0.1, -0.05) is 17.7 Å². The Kier molecular flexibility index (Phi) is 4.52. The molecule has 1 heterocycles. The highest BCUT2D eigenvalue weighted by Gasteiger charge is 2.06. The zero-order valence-electron chi connectivity index (χ0n) is 10.4. The van der Waals surface area contributed by atoms with Crippen molar-refractivity contribution in [1.82, 2.24) is 9.97 Å². The lowest BCUT2D eigenvalue weighted by Gasteiger charge is -2.08. The molecular weight excluding hydrogens is 269 g/mol. The van der Waals surface area contributed by atoms with Crippen molar-refractivity contribution in [2.45, 2.75) is 6.42 Å². The molecule has 0 aliphatic rings. The monoisotopic (exact) mass is 281 g/mol. The standard InChI is InChI=1S/C13H13ClFN3O/c1-19-13-17-8-6-12(18-13)16-7-5-9-10(14)3-2-4-11(9)15/h2-4,6,8H,5,7H2,1H3,(H,16,17,18). The number of aromatic nitrogens is 2. The topological polar surface area (TPSA) is 47.0 Å². The van der Waals surface area contributed by atoms with Crippen LogP contribution < -0.4 is 10.1 Å². The minimum absolute atomic E-state index is 0.286. The summed E-state index contributed by atoms with van der Waals surface area (Å²) >= 11 is 5.95. The molecule has 19 heavy (non-hydrogen) atoms. The van der Waals surface area contributed by atoms with Crippen LogP contribution in [0.25, 0.3) is 0 Å². The van der Waals surface area contributed by atoms with Crippen LogP contribution in [-0.2, 0) is 6.42 Å². The first-order chi connectivity index (χ1) is 9.20. The molecule has 0 atom stereocenters. The lowest BCUT2D eigenvalue weighted by Crippen LogP contribution is -2.08. The maximum absolute atomic E-state index is 13.5. The molecular formula is C13H13ClFN3O. The second kappa shape index (κ2) is 6.33. The van der Waals surface area contributed by atoms with E-state index in [-0.39, 0.29) is 11.8 Å². The summed E-state index contributed by atoms with van der Waals surface area (Å²) < 4.78 is 18.5. The number of rotatable bonds is 5. The molecule has 0 aliphatic carbocycles. The van der Waals surface area contributed by atoms with Crippen molar-refractivity contribution in [2.24, 2.45) is 0 Å². The molecule has 0 aliphatic heterocycles. The molecule has 0 saturated carbocycles. The average Bonchev–Trinajstić information content (AvgIpc) is 2.42. The van der Waals surface area contributed by atoms with Gasteiger partial charge in [-0.2, -0.15) is 4.98 Å². The summed E-state index contributed by atoms with van der Waals surface area (Å²) in [5.74, 6) is 0.328. The highest BCUT2D eigenvalue weighted by Crippen LogP contribution is 2.19. The summed E-state index contributed by atoms with van der Waals surface area (Å²) in [6.45, 7) is 0.515. The molecule has 1 N–H and O–H groups in total. The summed E-state index contributed by atoms with van der Waals surface area (Å²) in [5.41, 5.74) is 0.498. The first kappa shape index (κ1) is 13.5. The summed E-state index contributed by atoms with van der Waals surface area (Å²) in [4.78, 5) is 7.99. The Hall–Kier alpha value is -1.88. The number of nitrogens with zero attached hydrogens (tertiary/aromatic N) is 2. The first-order valence-electron chi connectivity index (χ1n) is 5.74. The van der Waals surface area contributed by atoms with Gasteiger partial charge in [0.05, 0.1) is 7.11 Å². The van der Waals surface area contributed by atoms with Crippen LogP contribution in [0.4, 0.5) is 10.2 Å². The fourth-order valence-electron chi connectivity index (χ4n) is 1.62. The molecule has 2 rings (SSSR count). The van der Waals surface area contributed by atoms with Gasteiger partial charge in [0.1, 0.15) is 11.6 Å². The number of nitrogens with one attached hydrogen (secondary N) is 1. The number of methoxy groups -OCH3 is 1. The smallest absolute Gasteiger partial charge is 0.318 e. The van der Waals surface area contributed by atoms with Gasteiger partial charge in [-0.15, -0.1) is 0 Å². The second-order valence-electron chi connectivity index (χ2n) is 3.81. The Bertz CT molecular complexity index is 545. The number of ether oxygens (including phenoxy) is 1. The summed E-state index contributed by atoms with van der Waals surface area (Å²) in [6.07, 6.45) is 2.06. The van der Waals surface area contributed by atoms with E-state index < -0.39 is 0 Å². The van der Waals surface area contributed by atoms with Crippen LogP contribution in [0.1, 0.15) is 5.56 Å². The van der Waals surface area contributed by atoms with Gasteiger partial charge in [0.2, 0.25) is 0 Å². The van der Waals surface area contributed by atoms with Crippen LogP contribution in [0.2, 0.25) is 5.02 Å². The van der Waals surface area contributed by atoms with E-state index in [4.69, 9.17) is 16.3 Å². The molecule has 100 valence electrons. The van der Waals surface area contributed by atoms with E-state index in [0.717, 1.165) is 0 Å². The molecule has 0 unspecified atom stereocenters. The third kappa shape index (κ3) is 3.54. The van der Waals surface area contributed by atoms with Gasteiger partial charge in [0.15, 0.2) is 0 Å². The molecule has 0 amide bonds. The van der Waals surface area contributed by atoms with Gasteiger partial charge in [-0.05, 0) is 24.6 Å². The van der Waals surface area contributed by atoms with Gasteiger partial charge in [0.25, 0.3) is 0 Å². The van der Waals surface area contributed by atoms with Crippen LogP contribution in [0.5, 0.6) is 6.01 Å². The molecule has 6 heteroatoms. The van der Waals surface area contributed by atoms with Gasteiger partial charge >= 0.3 is 6.01 Å². The van der Waals surface area contributed by atoms with Gasteiger partial charge in [0, 0.05) is 23.3 Å². The molecule has 2 aromatic rings. The SMILES string of the molecule is COc1nccc(NCCc2c(F)cccc2Cl)n1. The van der Waals surface area contributed by atoms with E-state index in [2.05, 4.69) is 15.3 Å². The van der Waals surface area contributed by atoms with Gasteiger partial charge in [-0.25, -0.2) is 9.37 Å². The summed E-state index contributed by atoms with van der Waals surface area (Å²) in [5, 5.41) is 3.50. The van der Waals surface area contributed by atoms with E-state index in [1.54, 1.807) is 24.4 Å². The number of anilines is 1. The molecule has 0 saturated heterocycles. The fourth-order valence-corrected chi connectivity index (χ4v) is 1.88. The van der Waals surface area contributed by atoms with E-state index in [0.29, 0.717) is 29.4 Å². The normalized spacial score (nSPS) is 10.3. The Labute approximate surface area is 115 Å². The molecule has 0 fully saturated rings.